The fraction of sp³-hybridized carbons (Fsp3) is 0.200. The van der Waals surface area contributed by atoms with Crippen LogP contribution in [0.25, 0.3) is 16.6 Å². The van der Waals surface area contributed by atoms with E-state index in [0.717, 1.165) is 0 Å². The summed E-state index contributed by atoms with van der Waals surface area (Å²) in [6.07, 6.45) is -0.778. The summed E-state index contributed by atoms with van der Waals surface area (Å²) in [5.41, 5.74) is 6.60. The number of fused-ring (bicyclic) bond motifs is 1. The van der Waals surface area contributed by atoms with Crippen LogP contribution in [0.3, 0.4) is 0 Å². The fourth-order valence-corrected chi connectivity index (χ4v) is 3.15. The molecule has 0 spiro atoms. The molecule has 2 amide bonds. The van der Waals surface area contributed by atoms with Gasteiger partial charge in [-0.3, -0.25) is 14.2 Å². The molecule has 144 valence electrons. The van der Waals surface area contributed by atoms with Crippen molar-refractivity contribution < 1.29 is 14.7 Å². The van der Waals surface area contributed by atoms with Crippen LogP contribution in [0.1, 0.15) is 30.8 Å². The van der Waals surface area contributed by atoms with Gasteiger partial charge in [0.2, 0.25) is 5.91 Å². The molecule has 3 rings (SSSR count). The van der Waals surface area contributed by atoms with E-state index in [1.54, 1.807) is 49.4 Å². The molecule has 1 atom stereocenters. The third-order valence-electron chi connectivity index (χ3n) is 4.39. The first-order valence-electron chi connectivity index (χ1n) is 8.76. The molecule has 0 saturated heterocycles. The lowest BCUT2D eigenvalue weighted by Gasteiger charge is -2.19. The number of benzene rings is 2. The van der Waals surface area contributed by atoms with Gasteiger partial charge in [-0.25, -0.2) is 9.78 Å². The highest BCUT2D eigenvalue weighted by Gasteiger charge is 2.20. The maximum atomic E-state index is 13.4. The predicted octanol–water partition coefficient (Wildman–Crippen LogP) is 2.13. The maximum absolute atomic E-state index is 13.4. The molecule has 1 heterocycles. The number of carbonyl (C=O) groups excluding carboxylic acids is 1. The van der Waals surface area contributed by atoms with Crippen molar-refractivity contribution in [3.05, 3.63) is 70.3 Å². The summed E-state index contributed by atoms with van der Waals surface area (Å²) < 4.78 is 1.40. The molecular formula is C20H20N4O4. The Morgan fingerprint density at radius 1 is 1.18 bits per heavy atom. The molecule has 0 saturated carbocycles. The van der Waals surface area contributed by atoms with Crippen LogP contribution in [0.5, 0.6) is 0 Å². The number of carboxylic acid groups (broad SMARTS) is 1. The molecule has 1 unspecified atom stereocenters. The molecule has 28 heavy (non-hydrogen) atoms. The van der Waals surface area contributed by atoms with Crippen molar-refractivity contribution >= 4 is 22.9 Å². The number of para-hydroxylation sites is 1. The first kappa shape index (κ1) is 19.1. The maximum Gasteiger partial charge on any atom is 0.405 e. The van der Waals surface area contributed by atoms with Crippen molar-refractivity contribution in [3.8, 4) is 5.69 Å². The molecule has 8 heteroatoms. The van der Waals surface area contributed by atoms with Gasteiger partial charge in [0.05, 0.1) is 22.6 Å². The van der Waals surface area contributed by atoms with Crippen LogP contribution in [-0.4, -0.2) is 26.7 Å². The van der Waals surface area contributed by atoms with Crippen molar-refractivity contribution in [2.75, 3.05) is 0 Å². The molecule has 0 aliphatic heterocycles. The van der Waals surface area contributed by atoms with Crippen molar-refractivity contribution in [1.82, 2.24) is 14.9 Å². The van der Waals surface area contributed by atoms with E-state index in [9.17, 15) is 14.4 Å². The number of aryl methyl sites for hydroxylation is 1. The fourth-order valence-electron chi connectivity index (χ4n) is 3.15. The molecular weight excluding hydrogens is 360 g/mol. The molecule has 0 aliphatic rings. The Balaban J connectivity index is 2.29. The summed E-state index contributed by atoms with van der Waals surface area (Å²) in [4.78, 5) is 40.3. The molecule has 1 aromatic heterocycles. The first-order chi connectivity index (χ1) is 13.4. The Morgan fingerprint density at radius 3 is 2.54 bits per heavy atom. The van der Waals surface area contributed by atoms with Crippen LogP contribution in [0.4, 0.5) is 4.79 Å². The number of rotatable bonds is 6. The summed E-state index contributed by atoms with van der Waals surface area (Å²) in [6, 6.07) is 13.4. The van der Waals surface area contributed by atoms with Gasteiger partial charge in [-0.05, 0) is 37.1 Å². The van der Waals surface area contributed by atoms with Gasteiger partial charge in [-0.1, -0.05) is 30.3 Å². The Bertz CT molecular complexity index is 1090. The number of aromatic nitrogens is 2. The van der Waals surface area contributed by atoms with E-state index in [0.29, 0.717) is 28.6 Å². The van der Waals surface area contributed by atoms with Crippen molar-refractivity contribution in [2.45, 2.75) is 25.8 Å². The summed E-state index contributed by atoms with van der Waals surface area (Å²) in [6.45, 7) is 1.62. The number of amides is 2. The number of carbonyl (C=O) groups is 2. The largest absolute Gasteiger partial charge is 0.465 e. The minimum absolute atomic E-state index is 0.114. The van der Waals surface area contributed by atoms with Crippen molar-refractivity contribution in [3.63, 3.8) is 0 Å². The molecule has 0 aliphatic carbocycles. The average Bonchev–Trinajstić information content (AvgIpc) is 2.66. The van der Waals surface area contributed by atoms with Gasteiger partial charge in [0.25, 0.3) is 5.56 Å². The number of hydrogen-bond donors (Lipinski definition) is 3. The average molecular weight is 380 g/mol. The third-order valence-corrected chi connectivity index (χ3v) is 4.39. The Hall–Kier alpha value is -3.68. The highest BCUT2D eigenvalue weighted by Crippen LogP contribution is 2.21. The monoisotopic (exact) mass is 380 g/mol. The second kappa shape index (κ2) is 7.91. The zero-order chi connectivity index (χ0) is 20.3. The van der Waals surface area contributed by atoms with E-state index in [-0.39, 0.29) is 17.8 Å². The first-order valence-corrected chi connectivity index (χ1v) is 8.76. The molecule has 3 aromatic rings. The number of nitrogens with two attached hydrogens (primary N) is 1. The van der Waals surface area contributed by atoms with E-state index in [1.165, 1.54) is 4.57 Å². The SMILES string of the molecule is CC(NC(=O)O)c1nc2cccc(CCC(N)=O)c2c(=O)n1-c1ccccc1. The van der Waals surface area contributed by atoms with Crippen LogP contribution in [0.15, 0.2) is 53.3 Å². The number of nitrogens with zero attached hydrogens (tertiary/aromatic N) is 2. The van der Waals surface area contributed by atoms with E-state index in [2.05, 4.69) is 10.3 Å². The Morgan fingerprint density at radius 2 is 1.89 bits per heavy atom. The highest BCUT2D eigenvalue weighted by atomic mass is 16.4. The number of hydrogen-bond acceptors (Lipinski definition) is 4. The standard InChI is InChI=1S/C20H20N4O4/c1-12(22-20(27)28)18-23-15-9-5-6-13(10-11-16(21)25)17(15)19(26)24(18)14-7-3-2-4-8-14/h2-9,12,22H,10-11H2,1H3,(H2,21,25)(H,27,28). The smallest absolute Gasteiger partial charge is 0.405 e. The lowest BCUT2D eigenvalue weighted by Crippen LogP contribution is -2.32. The minimum atomic E-state index is -1.21. The topological polar surface area (TPSA) is 127 Å². The summed E-state index contributed by atoms with van der Waals surface area (Å²) >= 11 is 0. The van der Waals surface area contributed by atoms with Crippen molar-refractivity contribution in [1.29, 1.82) is 0 Å². The van der Waals surface area contributed by atoms with Gasteiger partial charge in [0, 0.05) is 6.42 Å². The Labute approximate surface area is 160 Å². The van der Waals surface area contributed by atoms with Gasteiger partial charge in [-0.15, -0.1) is 0 Å². The normalized spacial score (nSPS) is 11.9. The van der Waals surface area contributed by atoms with E-state index >= 15 is 0 Å². The number of primary amides is 1. The van der Waals surface area contributed by atoms with Crippen LogP contribution in [-0.2, 0) is 11.2 Å². The minimum Gasteiger partial charge on any atom is -0.465 e. The van der Waals surface area contributed by atoms with Gasteiger partial charge in [-0.2, -0.15) is 0 Å². The molecule has 0 fully saturated rings. The van der Waals surface area contributed by atoms with Crippen LogP contribution >= 0.6 is 0 Å². The van der Waals surface area contributed by atoms with Gasteiger partial charge in [0.15, 0.2) is 0 Å². The quantitative estimate of drug-likeness (QED) is 0.604. The van der Waals surface area contributed by atoms with Gasteiger partial charge in [0.1, 0.15) is 5.82 Å². The van der Waals surface area contributed by atoms with Crippen LogP contribution < -0.4 is 16.6 Å². The molecule has 0 radical (unpaired) electrons. The summed E-state index contributed by atoms with van der Waals surface area (Å²) in [5.74, 6) is -0.178. The lowest BCUT2D eigenvalue weighted by atomic mass is 10.0. The molecule has 2 aromatic carbocycles. The third kappa shape index (κ3) is 3.85. The highest BCUT2D eigenvalue weighted by molar-refractivity contribution is 5.83. The van der Waals surface area contributed by atoms with Gasteiger partial charge < -0.3 is 16.2 Å². The molecule has 0 bridgehead atoms. The summed E-state index contributed by atoms with van der Waals surface area (Å²) in [5, 5.41) is 11.8. The van der Waals surface area contributed by atoms with Crippen LogP contribution in [0.2, 0.25) is 0 Å². The lowest BCUT2D eigenvalue weighted by molar-refractivity contribution is -0.117. The summed E-state index contributed by atoms with van der Waals surface area (Å²) in [7, 11) is 0. The Kier molecular flexibility index (Phi) is 5.39. The predicted molar refractivity (Wildman–Crippen MR) is 104 cm³/mol. The zero-order valence-electron chi connectivity index (χ0n) is 15.3. The van der Waals surface area contributed by atoms with E-state index in [4.69, 9.17) is 10.8 Å². The number of nitrogens with one attached hydrogen (secondary N) is 1. The van der Waals surface area contributed by atoms with E-state index < -0.39 is 18.0 Å². The second-order valence-electron chi connectivity index (χ2n) is 6.39. The molecule has 4 N–H and O–H groups in total. The van der Waals surface area contributed by atoms with Crippen LogP contribution in [0, 0.1) is 0 Å². The molecule has 8 nitrogen and oxygen atoms in total. The van der Waals surface area contributed by atoms with E-state index in [1.807, 2.05) is 6.07 Å². The zero-order valence-corrected chi connectivity index (χ0v) is 15.3. The second-order valence-corrected chi connectivity index (χ2v) is 6.39. The van der Waals surface area contributed by atoms with Crippen molar-refractivity contribution in [2.24, 2.45) is 5.73 Å². The van der Waals surface area contributed by atoms with Gasteiger partial charge >= 0.3 is 6.09 Å².